The molecule has 1 aliphatic rings. The van der Waals surface area contributed by atoms with Crippen LogP contribution >= 0.6 is 39.0 Å². The first kappa shape index (κ1) is 13.2. The molecule has 0 amide bonds. The first-order valence-electron chi connectivity index (χ1n) is 5.63. The van der Waals surface area contributed by atoms with Crippen LogP contribution in [-0.4, -0.2) is 46.5 Å². The molecule has 1 aliphatic heterocycles. The summed E-state index contributed by atoms with van der Waals surface area (Å²) in [4.78, 5) is 10.6. The molecule has 0 aromatic carbocycles. The molecule has 0 saturated carbocycles. The maximum atomic E-state index is 5.32. The fourth-order valence-electron chi connectivity index (χ4n) is 1.56. The SMILES string of the molecule is Brc1cnc(Sc2nnc(N3CCOCC3)s2)nc1. The van der Waals surface area contributed by atoms with E-state index in [9.17, 15) is 0 Å². The van der Waals surface area contributed by atoms with E-state index in [1.807, 2.05) is 0 Å². The van der Waals surface area contributed by atoms with Gasteiger partial charge in [-0.3, -0.25) is 0 Å². The van der Waals surface area contributed by atoms with Crippen molar-refractivity contribution in [2.24, 2.45) is 0 Å². The van der Waals surface area contributed by atoms with Gasteiger partial charge in [0, 0.05) is 25.5 Å². The second-order valence-corrected chi connectivity index (χ2v) is 6.82. The van der Waals surface area contributed by atoms with Gasteiger partial charge in [-0.1, -0.05) is 11.3 Å². The molecular formula is C10H10BrN5OS2. The molecule has 0 unspecified atom stereocenters. The van der Waals surface area contributed by atoms with Crippen molar-refractivity contribution in [2.75, 3.05) is 31.2 Å². The van der Waals surface area contributed by atoms with Crippen LogP contribution < -0.4 is 4.90 Å². The lowest BCUT2D eigenvalue weighted by Crippen LogP contribution is -2.36. The Labute approximate surface area is 126 Å². The Balaban J connectivity index is 1.68. The highest BCUT2D eigenvalue weighted by molar-refractivity contribution is 9.10. The van der Waals surface area contributed by atoms with Crippen molar-refractivity contribution in [3.63, 3.8) is 0 Å². The van der Waals surface area contributed by atoms with E-state index in [2.05, 4.69) is 41.0 Å². The molecule has 1 fully saturated rings. The third-order valence-corrected chi connectivity index (χ3v) is 4.79. The normalized spacial score (nSPS) is 15.7. The van der Waals surface area contributed by atoms with Crippen molar-refractivity contribution in [2.45, 2.75) is 9.50 Å². The Morgan fingerprint density at radius 3 is 2.68 bits per heavy atom. The number of hydrogen-bond donors (Lipinski definition) is 0. The van der Waals surface area contributed by atoms with Gasteiger partial charge in [-0.25, -0.2) is 9.97 Å². The molecule has 3 rings (SSSR count). The molecule has 2 aromatic rings. The number of aromatic nitrogens is 4. The Hall–Kier alpha value is -0.770. The molecule has 0 atom stereocenters. The minimum absolute atomic E-state index is 0.674. The van der Waals surface area contributed by atoms with Gasteiger partial charge in [0.05, 0.1) is 17.7 Å². The molecule has 0 bridgehead atoms. The summed E-state index contributed by atoms with van der Waals surface area (Å²) in [5, 5.41) is 9.98. The predicted octanol–water partition coefficient (Wildman–Crippen LogP) is 2.08. The number of halogens is 1. The predicted molar refractivity (Wildman–Crippen MR) is 76.8 cm³/mol. The summed E-state index contributed by atoms with van der Waals surface area (Å²) in [6.45, 7) is 3.23. The van der Waals surface area contributed by atoms with Crippen LogP contribution in [0, 0.1) is 0 Å². The van der Waals surface area contributed by atoms with E-state index in [0.717, 1.165) is 40.2 Å². The van der Waals surface area contributed by atoms with Crippen LogP contribution in [0.3, 0.4) is 0 Å². The minimum Gasteiger partial charge on any atom is -0.378 e. The van der Waals surface area contributed by atoms with Crippen molar-refractivity contribution in [1.29, 1.82) is 0 Å². The smallest absolute Gasteiger partial charge is 0.209 e. The van der Waals surface area contributed by atoms with Crippen molar-refractivity contribution in [3.8, 4) is 0 Å². The van der Waals surface area contributed by atoms with Crippen LogP contribution in [-0.2, 0) is 4.74 Å². The number of morpholine rings is 1. The van der Waals surface area contributed by atoms with Crippen molar-refractivity contribution < 1.29 is 4.74 Å². The molecule has 0 aliphatic carbocycles. The van der Waals surface area contributed by atoms with E-state index in [-0.39, 0.29) is 0 Å². The molecule has 6 nitrogen and oxygen atoms in total. The Morgan fingerprint density at radius 2 is 1.95 bits per heavy atom. The Morgan fingerprint density at radius 1 is 1.21 bits per heavy atom. The van der Waals surface area contributed by atoms with Crippen LogP contribution in [0.15, 0.2) is 26.4 Å². The van der Waals surface area contributed by atoms with Gasteiger partial charge >= 0.3 is 0 Å². The number of ether oxygens (including phenoxy) is 1. The van der Waals surface area contributed by atoms with Crippen LogP contribution in [0.2, 0.25) is 0 Å². The largest absolute Gasteiger partial charge is 0.378 e. The summed E-state index contributed by atoms with van der Waals surface area (Å²) >= 11 is 6.29. The van der Waals surface area contributed by atoms with E-state index in [0.29, 0.717) is 5.16 Å². The average molecular weight is 360 g/mol. The van der Waals surface area contributed by atoms with Crippen LogP contribution in [0.4, 0.5) is 5.13 Å². The molecule has 19 heavy (non-hydrogen) atoms. The van der Waals surface area contributed by atoms with Gasteiger partial charge in [-0.2, -0.15) is 0 Å². The van der Waals surface area contributed by atoms with E-state index in [1.165, 1.54) is 11.8 Å². The summed E-state index contributed by atoms with van der Waals surface area (Å²) in [5.74, 6) is 0. The van der Waals surface area contributed by atoms with E-state index in [4.69, 9.17) is 4.74 Å². The van der Waals surface area contributed by atoms with Gasteiger partial charge in [0.1, 0.15) is 0 Å². The zero-order chi connectivity index (χ0) is 13.1. The monoisotopic (exact) mass is 359 g/mol. The van der Waals surface area contributed by atoms with Crippen molar-refractivity contribution in [3.05, 3.63) is 16.9 Å². The maximum absolute atomic E-state index is 5.32. The zero-order valence-corrected chi connectivity index (χ0v) is 13.0. The molecule has 100 valence electrons. The Kier molecular flexibility index (Phi) is 4.26. The summed E-state index contributed by atoms with van der Waals surface area (Å²) in [5.41, 5.74) is 0. The summed E-state index contributed by atoms with van der Waals surface area (Å²) in [6.07, 6.45) is 3.44. The number of hydrogen-bond acceptors (Lipinski definition) is 8. The third kappa shape index (κ3) is 3.41. The van der Waals surface area contributed by atoms with Gasteiger partial charge in [-0.15, -0.1) is 10.2 Å². The molecular weight excluding hydrogens is 350 g/mol. The maximum Gasteiger partial charge on any atom is 0.209 e. The third-order valence-electron chi connectivity index (χ3n) is 2.45. The fraction of sp³-hybridized carbons (Fsp3) is 0.400. The molecule has 9 heteroatoms. The summed E-state index contributed by atoms with van der Waals surface area (Å²) in [6, 6.07) is 0. The summed E-state index contributed by atoms with van der Waals surface area (Å²) < 4.78 is 7.03. The van der Waals surface area contributed by atoms with Gasteiger partial charge < -0.3 is 9.64 Å². The molecule has 0 radical (unpaired) electrons. The zero-order valence-electron chi connectivity index (χ0n) is 9.82. The molecule has 3 heterocycles. The van der Waals surface area contributed by atoms with E-state index < -0.39 is 0 Å². The van der Waals surface area contributed by atoms with Crippen molar-refractivity contribution in [1.82, 2.24) is 20.2 Å². The number of nitrogens with zero attached hydrogens (tertiary/aromatic N) is 5. The highest BCUT2D eigenvalue weighted by atomic mass is 79.9. The molecule has 0 N–H and O–H groups in total. The Bertz CT molecular complexity index is 543. The van der Waals surface area contributed by atoms with Gasteiger partial charge in [0.15, 0.2) is 9.50 Å². The van der Waals surface area contributed by atoms with E-state index in [1.54, 1.807) is 23.7 Å². The highest BCUT2D eigenvalue weighted by Crippen LogP contribution is 2.31. The molecule has 2 aromatic heterocycles. The van der Waals surface area contributed by atoms with Gasteiger partial charge in [-0.05, 0) is 27.7 Å². The molecule has 1 saturated heterocycles. The topological polar surface area (TPSA) is 64.0 Å². The second kappa shape index (κ2) is 6.12. The van der Waals surface area contributed by atoms with E-state index >= 15 is 0 Å². The fourth-order valence-corrected chi connectivity index (χ4v) is 3.46. The number of anilines is 1. The average Bonchev–Trinajstić information content (AvgIpc) is 2.91. The second-order valence-electron chi connectivity index (χ2n) is 3.74. The first-order valence-corrected chi connectivity index (χ1v) is 8.05. The highest BCUT2D eigenvalue weighted by Gasteiger charge is 2.16. The lowest BCUT2D eigenvalue weighted by Gasteiger charge is -2.25. The van der Waals surface area contributed by atoms with Crippen molar-refractivity contribution >= 4 is 44.2 Å². The number of rotatable bonds is 3. The quantitative estimate of drug-likeness (QED) is 0.777. The summed E-state index contributed by atoms with van der Waals surface area (Å²) in [7, 11) is 0. The lowest BCUT2D eigenvalue weighted by molar-refractivity contribution is 0.122. The van der Waals surface area contributed by atoms with Gasteiger partial charge in [0.25, 0.3) is 0 Å². The lowest BCUT2D eigenvalue weighted by atomic mass is 10.5. The van der Waals surface area contributed by atoms with Crippen LogP contribution in [0.25, 0.3) is 0 Å². The standard InChI is InChI=1S/C10H10BrN5OS2/c11-7-5-12-8(13-6-7)18-10-15-14-9(19-10)16-1-3-17-4-2-16/h5-6H,1-4H2. The van der Waals surface area contributed by atoms with Gasteiger partial charge in [0.2, 0.25) is 5.13 Å². The molecule has 0 spiro atoms. The minimum atomic E-state index is 0.674. The van der Waals surface area contributed by atoms with Crippen LogP contribution in [0.1, 0.15) is 0 Å². The van der Waals surface area contributed by atoms with Crippen LogP contribution in [0.5, 0.6) is 0 Å². The first-order chi connectivity index (χ1) is 9.31.